The zero-order valence-electron chi connectivity index (χ0n) is 16.4. The second kappa shape index (κ2) is 9.62. The van der Waals surface area contributed by atoms with Gasteiger partial charge < -0.3 is 15.6 Å². The van der Waals surface area contributed by atoms with Crippen molar-refractivity contribution in [2.45, 2.75) is 52.2 Å². The molecule has 26 heavy (non-hydrogen) atoms. The van der Waals surface area contributed by atoms with Gasteiger partial charge in [0.2, 0.25) is 0 Å². The molecule has 2 aromatic rings. The molecule has 0 bridgehead atoms. The second-order valence-corrected chi connectivity index (χ2v) is 7.68. The summed E-state index contributed by atoms with van der Waals surface area (Å²) in [6, 6.07) is 6.18. The van der Waals surface area contributed by atoms with Gasteiger partial charge in [-0.3, -0.25) is 4.99 Å². The number of nitrogens with zero attached hydrogens (tertiary/aromatic N) is 4. The van der Waals surface area contributed by atoms with Crippen LogP contribution < -0.4 is 11.1 Å². The topological polar surface area (TPSA) is 81.1 Å². The molecule has 0 aliphatic carbocycles. The highest BCUT2D eigenvalue weighted by atomic mass is 32.2. The lowest BCUT2D eigenvalue weighted by Crippen LogP contribution is -2.23. The van der Waals surface area contributed by atoms with E-state index in [1.54, 1.807) is 11.8 Å². The van der Waals surface area contributed by atoms with E-state index < -0.39 is 0 Å². The average Bonchev–Trinajstić information content (AvgIpc) is 2.96. The maximum absolute atomic E-state index is 6.00. The van der Waals surface area contributed by atoms with Gasteiger partial charge in [0.05, 0.1) is 0 Å². The van der Waals surface area contributed by atoms with E-state index in [-0.39, 0.29) is 0 Å². The summed E-state index contributed by atoms with van der Waals surface area (Å²) in [6.45, 7) is 10.2. The molecule has 0 atom stereocenters. The molecule has 0 unspecified atom stereocenters. The summed E-state index contributed by atoms with van der Waals surface area (Å²) in [5.74, 6) is 2.03. The summed E-state index contributed by atoms with van der Waals surface area (Å²) >= 11 is 1.64. The van der Waals surface area contributed by atoms with Crippen molar-refractivity contribution in [1.82, 2.24) is 14.8 Å². The molecule has 0 aliphatic rings. The summed E-state index contributed by atoms with van der Waals surface area (Å²) in [4.78, 5) is 4.42. The van der Waals surface area contributed by atoms with Crippen LogP contribution in [0, 0.1) is 19.8 Å². The Morgan fingerprint density at radius 1 is 1.27 bits per heavy atom. The first-order valence-electron chi connectivity index (χ1n) is 9.01. The van der Waals surface area contributed by atoms with E-state index in [4.69, 9.17) is 5.73 Å². The zero-order valence-corrected chi connectivity index (χ0v) is 17.2. The minimum atomic E-state index is 0.446. The van der Waals surface area contributed by atoms with Gasteiger partial charge in [0.25, 0.3) is 0 Å². The predicted octanol–water partition coefficient (Wildman–Crippen LogP) is 3.63. The van der Waals surface area contributed by atoms with Crippen LogP contribution in [-0.2, 0) is 13.0 Å². The number of aliphatic imine (C=N–C) groups is 1. The van der Waals surface area contributed by atoms with Crippen LogP contribution in [0.5, 0.6) is 0 Å². The highest BCUT2D eigenvalue weighted by molar-refractivity contribution is 7.98. The quantitative estimate of drug-likeness (QED) is 0.319. The van der Waals surface area contributed by atoms with Crippen LogP contribution in [0.3, 0.4) is 0 Å². The normalized spacial score (nSPS) is 12.0. The van der Waals surface area contributed by atoms with Crippen LogP contribution in [0.25, 0.3) is 0 Å². The number of rotatable bonds is 8. The first-order chi connectivity index (χ1) is 12.4. The summed E-state index contributed by atoms with van der Waals surface area (Å²) in [6.07, 6.45) is 3.77. The molecule has 0 saturated heterocycles. The Kier molecular flexibility index (Phi) is 7.50. The van der Waals surface area contributed by atoms with Crippen molar-refractivity contribution in [3.8, 4) is 0 Å². The Bertz CT molecular complexity index is 750. The van der Waals surface area contributed by atoms with Crippen molar-refractivity contribution in [2.24, 2.45) is 16.6 Å². The van der Waals surface area contributed by atoms with E-state index in [9.17, 15) is 0 Å². The molecule has 7 heteroatoms. The van der Waals surface area contributed by atoms with Crippen LogP contribution in [0.4, 0.5) is 5.69 Å². The summed E-state index contributed by atoms with van der Waals surface area (Å²) in [5.41, 5.74) is 9.46. The number of nitrogens with one attached hydrogen (secondary N) is 1. The van der Waals surface area contributed by atoms with Gasteiger partial charge in [0.1, 0.15) is 5.82 Å². The van der Waals surface area contributed by atoms with Gasteiger partial charge in [-0.15, -0.1) is 10.2 Å². The molecule has 0 fully saturated rings. The third-order valence-electron chi connectivity index (χ3n) is 4.14. The fraction of sp³-hybridized carbons (Fsp3) is 0.526. The van der Waals surface area contributed by atoms with E-state index in [2.05, 4.69) is 64.9 Å². The minimum absolute atomic E-state index is 0.446. The Labute approximate surface area is 160 Å². The smallest absolute Gasteiger partial charge is 0.193 e. The van der Waals surface area contributed by atoms with Crippen LogP contribution in [-0.4, -0.2) is 33.5 Å². The van der Waals surface area contributed by atoms with Gasteiger partial charge in [-0.1, -0.05) is 31.7 Å². The van der Waals surface area contributed by atoms with Crippen molar-refractivity contribution < 1.29 is 0 Å². The van der Waals surface area contributed by atoms with Crippen LogP contribution >= 0.6 is 11.8 Å². The molecule has 142 valence electrons. The van der Waals surface area contributed by atoms with Gasteiger partial charge in [0, 0.05) is 25.2 Å². The molecule has 1 aromatic heterocycles. The number of anilines is 1. The Morgan fingerprint density at radius 3 is 2.69 bits per heavy atom. The molecule has 0 radical (unpaired) electrons. The summed E-state index contributed by atoms with van der Waals surface area (Å²) in [5, 5.41) is 12.7. The minimum Gasteiger partial charge on any atom is -0.370 e. The Balaban J connectivity index is 1.88. The third kappa shape index (κ3) is 5.76. The Hall–Kier alpha value is -2.02. The molecule has 0 spiro atoms. The van der Waals surface area contributed by atoms with E-state index in [1.807, 2.05) is 12.3 Å². The number of hydrogen-bond donors (Lipinski definition) is 2. The molecule has 1 heterocycles. The predicted molar refractivity (Wildman–Crippen MR) is 111 cm³/mol. The van der Waals surface area contributed by atoms with E-state index in [0.29, 0.717) is 18.4 Å². The van der Waals surface area contributed by atoms with Crippen LogP contribution in [0.15, 0.2) is 28.3 Å². The van der Waals surface area contributed by atoms with Crippen molar-refractivity contribution in [1.29, 1.82) is 0 Å². The standard InChI is InChI=1S/C19H30N6S/c1-13(2)12-25-17(23-24-19(25)26-5)7-6-10-21-18(20)22-16-9-8-14(3)15(4)11-16/h8-9,11,13H,6-7,10,12H2,1-5H3,(H3,20,21,22). The van der Waals surface area contributed by atoms with Gasteiger partial charge >= 0.3 is 0 Å². The largest absolute Gasteiger partial charge is 0.370 e. The molecule has 0 saturated carbocycles. The number of guanidine groups is 1. The van der Waals surface area contributed by atoms with Gasteiger partial charge in [0.15, 0.2) is 11.1 Å². The average molecular weight is 375 g/mol. The monoisotopic (exact) mass is 374 g/mol. The van der Waals surface area contributed by atoms with Crippen molar-refractivity contribution in [3.05, 3.63) is 35.2 Å². The third-order valence-corrected chi connectivity index (χ3v) is 4.81. The lowest BCUT2D eigenvalue weighted by atomic mass is 10.1. The number of nitrogens with two attached hydrogens (primary N) is 1. The van der Waals surface area contributed by atoms with Crippen molar-refractivity contribution in [3.63, 3.8) is 0 Å². The fourth-order valence-corrected chi connectivity index (χ4v) is 3.17. The van der Waals surface area contributed by atoms with Crippen LogP contribution in [0.2, 0.25) is 0 Å². The summed E-state index contributed by atoms with van der Waals surface area (Å²) in [7, 11) is 0. The van der Waals surface area contributed by atoms with Crippen LogP contribution in [0.1, 0.15) is 37.2 Å². The van der Waals surface area contributed by atoms with Gasteiger partial charge in [-0.2, -0.15) is 0 Å². The second-order valence-electron chi connectivity index (χ2n) is 6.90. The first kappa shape index (κ1) is 20.3. The van der Waals surface area contributed by atoms with Crippen molar-refractivity contribution in [2.75, 3.05) is 18.1 Å². The highest BCUT2D eigenvalue weighted by Gasteiger charge is 2.12. The molecule has 0 aliphatic heterocycles. The maximum Gasteiger partial charge on any atom is 0.193 e. The number of aryl methyl sites for hydroxylation is 3. The molecule has 3 N–H and O–H groups in total. The molecule has 0 amide bonds. The zero-order chi connectivity index (χ0) is 19.1. The maximum atomic E-state index is 6.00. The fourth-order valence-electron chi connectivity index (χ4n) is 2.65. The van der Waals surface area contributed by atoms with E-state index >= 15 is 0 Å². The number of thioether (sulfide) groups is 1. The Morgan fingerprint density at radius 2 is 2.04 bits per heavy atom. The van der Waals surface area contributed by atoms with Crippen molar-refractivity contribution >= 4 is 23.4 Å². The summed E-state index contributed by atoms with van der Waals surface area (Å²) < 4.78 is 2.22. The SMILES string of the molecule is CSc1nnc(CCCN=C(N)Nc2ccc(C)c(C)c2)n1CC(C)C. The van der Waals surface area contributed by atoms with E-state index in [0.717, 1.165) is 36.1 Å². The molecular weight excluding hydrogens is 344 g/mol. The first-order valence-corrected chi connectivity index (χ1v) is 10.2. The molecule has 1 aromatic carbocycles. The molecule has 2 rings (SSSR count). The number of hydrogen-bond acceptors (Lipinski definition) is 4. The number of aromatic nitrogens is 3. The van der Waals surface area contributed by atoms with E-state index in [1.165, 1.54) is 11.1 Å². The highest BCUT2D eigenvalue weighted by Crippen LogP contribution is 2.17. The lowest BCUT2D eigenvalue weighted by Gasteiger charge is -2.11. The molecular formula is C19H30N6S. The molecule has 6 nitrogen and oxygen atoms in total. The van der Waals surface area contributed by atoms with Gasteiger partial charge in [-0.05, 0) is 55.7 Å². The van der Waals surface area contributed by atoms with Gasteiger partial charge in [-0.25, -0.2) is 0 Å². The lowest BCUT2D eigenvalue weighted by molar-refractivity contribution is 0.477. The number of benzene rings is 1.